The molecule has 1 N–H and O–H groups in total. The standard InChI is InChI=1S/C17H18F3N/c1-2-3-13-6-10-16(11-7-13)21-12-14-4-8-15(9-5-14)17(18,19)20/h4-11,21H,2-3,12H2,1H3. The van der Waals surface area contributed by atoms with E-state index in [9.17, 15) is 13.2 Å². The first-order chi connectivity index (χ1) is 9.99. The topological polar surface area (TPSA) is 12.0 Å². The molecule has 0 saturated heterocycles. The summed E-state index contributed by atoms with van der Waals surface area (Å²) in [5.74, 6) is 0. The molecule has 0 fully saturated rings. The average molecular weight is 293 g/mol. The minimum atomic E-state index is -4.28. The lowest BCUT2D eigenvalue weighted by molar-refractivity contribution is -0.137. The van der Waals surface area contributed by atoms with E-state index < -0.39 is 11.7 Å². The number of hydrogen-bond acceptors (Lipinski definition) is 1. The molecule has 21 heavy (non-hydrogen) atoms. The second-order valence-corrected chi connectivity index (χ2v) is 5.00. The van der Waals surface area contributed by atoms with Crippen LogP contribution in [-0.2, 0) is 19.1 Å². The molecular formula is C17H18F3N. The van der Waals surface area contributed by atoms with Crippen LogP contribution in [0.3, 0.4) is 0 Å². The van der Waals surface area contributed by atoms with Gasteiger partial charge in [-0.25, -0.2) is 0 Å². The zero-order valence-corrected chi connectivity index (χ0v) is 11.9. The van der Waals surface area contributed by atoms with Gasteiger partial charge in [0.05, 0.1) is 5.56 Å². The Morgan fingerprint density at radius 3 is 1.95 bits per heavy atom. The van der Waals surface area contributed by atoms with Crippen LogP contribution in [0.5, 0.6) is 0 Å². The summed E-state index contributed by atoms with van der Waals surface area (Å²) in [4.78, 5) is 0. The van der Waals surface area contributed by atoms with Crippen molar-refractivity contribution in [1.82, 2.24) is 0 Å². The van der Waals surface area contributed by atoms with Crippen LogP contribution in [0.25, 0.3) is 0 Å². The maximum absolute atomic E-state index is 12.5. The summed E-state index contributed by atoms with van der Waals surface area (Å²) in [5, 5.41) is 3.21. The van der Waals surface area contributed by atoms with Crippen LogP contribution in [0.1, 0.15) is 30.0 Å². The fraction of sp³-hybridized carbons (Fsp3) is 0.294. The molecule has 0 aromatic heterocycles. The first-order valence-electron chi connectivity index (χ1n) is 6.98. The van der Waals surface area contributed by atoms with E-state index >= 15 is 0 Å². The van der Waals surface area contributed by atoms with Crippen molar-refractivity contribution in [3.05, 3.63) is 65.2 Å². The lowest BCUT2D eigenvalue weighted by Gasteiger charge is -2.10. The summed E-state index contributed by atoms with van der Waals surface area (Å²) in [6, 6.07) is 13.4. The molecule has 0 radical (unpaired) electrons. The van der Waals surface area contributed by atoms with E-state index in [4.69, 9.17) is 0 Å². The Bertz CT molecular complexity index is 556. The summed E-state index contributed by atoms with van der Waals surface area (Å²) in [7, 11) is 0. The second-order valence-electron chi connectivity index (χ2n) is 5.00. The van der Waals surface area contributed by atoms with Gasteiger partial charge in [0, 0.05) is 12.2 Å². The van der Waals surface area contributed by atoms with Crippen molar-refractivity contribution in [2.75, 3.05) is 5.32 Å². The third kappa shape index (κ3) is 4.52. The molecule has 1 nitrogen and oxygen atoms in total. The minimum absolute atomic E-state index is 0.505. The van der Waals surface area contributed by atoms with Crippen molar-refractivity contribution in [1.29, 1.82) is 0 Å². The Morgan fingerprint density at radius 2 is 1.43 bits per heavy atom. The molecule has 0 amide bonds. The number of anilines is 1. The number of aryl methyl sites for hydroxylation is 1. The molecule has 0 spiro atoms. The normalized spacial score (nSPS) is 11.4. The number of nitrogens with one attached hydrogen (secondary N) is 1. The van der Waals surface area contributed by atoms with Crippen molar-refractivity contribution in [2.45, 2.75) is 32.5 Å². The van der Waals surface area contributed by atoms with Crippen molar-refractivity contribution in [3.8, 4) is 0 Å². The number of alkyl halides is 3. The number of rotatable bonds is 5. The average Bonchev–Trinajstić information content (AvgIpc) is 2.46. The van der Waals surface area contributed by atoms with E-state index in [1.807, 2.05) is 12.1 Å². The highest BCUT2D eigenvalue weighted by Crippen LogP contribution is 2.29. The lowest BCUT2D eigenvalue weighted by atomic mass is 10.1. The lowest BCUT2D eigenvalue weighted by Crippen LogP contribution is -2.05. The quantitative estimate of drug-likeness (QED) is 0.792. The van der Waals surface area contributed by atoms with E-state index in [0.29, 0.717) is 6.54 Å². The maximum Gasteiger partial charge on any atom is 0.416 e. The van der Waals surface area contributed by atoms with Gasteiger partial charge in [0.15, 0.2) is 0 Å². The van der Waals surface area contributed by atoms with Crippen molar-refractivity contribution < 1.29 is 13.2 Å². The third-order valence-electron chi connectivity index (χ3n) is 3.27. The summed E-state index contributed by atoms with van der Waals surface area (Å²) >= 11 is 0. The Balaban J connectivity index is 1.93. The van der Waals surface area contributed by atoms with Gasteiger partial charge in [-0.05, 0) is 41.8 Å². The van der Waals surface area contributed by atoms with Gasteiger partial charge in [-0.1, -0.05) is 37.6 Å². The highest BCUT2D eigenvalue weighted by atomic mass is 19.4. The van der Waals surface area contributed by atoms with Crippen LogP contribution < -0.4 is 5.32 Å². The Hall–Kier alpha value is -1.97. The molecule has 0 saturated carbocycles. The van der Waals surface area contributed by atoms with Crippen LogP contribution in [0.2, 0.25) is 0 Å². The molecule has 2 aromatic carbocycles. The van der Waals surface area contributed by atoms with E-state index in [1.165, 1.54) is 17.7 Å². The first-order valence-corrected chi connectivity index (χ1v) is 6.98. The van der Waals surface area contributed by atoms with Gasteiger partial charge in [-0.15, -0.1) is 0 Å². The Labute approximate surface area is 122 Å². The maximum atomic E-state index is 12.5. The summed E-state index contributed by atoms with van der Waals surface area (Å²) in [6.45, 7) is 2.64. The Morgan fingerprint density at radius 1 is 0.857 bits per heavy atom. The van der Waals surface area contributed by atoms with Crippen LogP contribution in [0.15, 0.2) is 48.5 Å². The molecule has 0 aliphatic heterocycles. The second kappa shape index (κ2) is 6.66. The van der Waals surface area contributed by atoms with Gasteiger partial charge in [0.25, 0.3) is 0 Å². The van der Waals surface area contributed by atoms with Crippen LogP contribution in [0.4, 0.5) is 18.9 Å². The molecule has 2 aromatic rings. The molecule has 4 heteroatoms. The van der Waals surface area contributed by atoms with Gasteiger partial charge in [-0.2, -0.15) is 13.2 Å². The number of hydrogen-bond donors (Lipinski definition) is 1. The van der Waals surface area contributed by atoms with Gasteiger partial charge in [-0.3, -0.25) is 0 Å². The zero-order valence-electron chi connectivity index (χ0n) is 11.9. The molecule has 0 aliphatic rings. The van der Waals surface area contributed by atoms with Crippen LogP contribution >= 0.6 is 0 Å². The molecule has 0 bridgehead atoms. The molecule has 0 heterocycles. The van der Waals surface area contributed by atoms with Crippen LogP contribution in [-0.4, -0.2) is 0 Å². The minimum Gasteiger partial charge on any atom is -0.381 e. The van der Waals surface area contributed by atoms with Gasteiger partial charge >= 0.3 is 6.18 Å². The monoisotopic (exact) mass is 293 g/mol. The predicted octanol–water partition coefficient (Wildman–Crippen LogP) is 5.27. The molecule has 0 unspecified atom stereocenters. The van der Waals surface area contributed by atoms with E-state index in [2.05, 4.69) is 24.4 Å². The van der Waals surface area contributed by atoms with Crippen molar-refractivity contribution in [2.24, 2.45) is 0 Å². The number of halogens is 3. The summed E-state index contributed by atoms with van der Waals surface area (Å²) < 4.78 is 37.4. The fourth-order valence-electron chi connectivity index (χ4n) is 2.09. The smallest absolute Gasteiger partial charge is 0.381 e. The zero-order chi connectivity index (χ0) is 15.3. The third-order valence-corrected chi connectivity index (χ3v) is 3.27. The predicted molar refractivity (Wildman–Crippen MR) is 79.2 cm³/mol. The molecule has 112 valence electrons. The largest absolute Gasteiger partial charge is 0.416 e. The fourth-order valence-corrected chi connectivity index (χ4v) is 2.09. The number of benzene rings is 2. The van der Waals surface area contributed by atoms with Crippen molar-refractivity contribution in [3.63, 3.8) is 0 Å². The summed E-state index contributed by atoms with van der Waals surface area (Å²) in [6.07, 6.45) is -2.11. The van der Waals surface area contributed by atoms with E-state index in [0.717, 1.165) is 36.2 Å². The van der Waals surface area contributed by atoms with Crippen LogP contribution in [0, 0.1) is 0 Å². The highest BCUT2D eigenvalue weighted by Gasteiger charge is 2.29. The first kappa shape index (κ1) is 15.4. The molecule has 0 aliphatic carbocycles. The molecule has 2 rings (SSSR count). The summed E-state index contributed by atoms with van der Waals surface area (Å²) in [5.41, 5.74) is 2.46. The Kier molecular flexibility index (Phi) is 4.89. The highest BCUT2D eigenvalue weighted by molar-refractivity contribution is 5.45. The van der Waals surface area contributed by atoms with Gasteiger partial charge < -0.3 is 5.32 Å². The molecule has 0 atom stereocenters. The molecular weight excluding hydrogens is 275 g/mol. The van der Waals surface area contributed by atoms with Gasteiger partial charge in [0.1, 0.15) is 0 Å². The van der Waals surface area contributed by atoms with Gasteiger partial charge in [0.2, 0.25) is 0 Å². The SMILES string of the molecule is CCCc1ccc(NCc2ccc(C(F)(F)F)cc2)cc1. The van der Waals surface area contributed by atoms with Crippen molar-refractivity contribution >= 4 is 5.69 Å². The van der Waals surface area contributed by atoms with E-state index in [-0.39, 0.29) is 0 Å². The van der Waals surface area contributed by atoms with E-state index in [1.54, 1.807) is 0 Å².